The molecule has 7 heteroatoms. The summed E-state index contributed by atoms with van der Waals surface area (Å²) in [5, 5.41) is 7.18. The molecule has 3 rings (SSSR count). The molecule has 1 atom stereocenters. The summed E-state index contributed by atoms with van der Waals surface area (Å²) in [5.41, 5.74) is 0.386. The van der Waals surface area contributed by atoms with Gasteiger partial charge in [0.1, 0.15) is 5.60 Å². The second-order valence-electron chi connectivity index (χ2n) is 8.08. The van der Waals surface area contributed by atoms with E-state index >= 15 is 0 Å². The van der Waals surface area contributed by atoms with Crippen LogP contribution in [0.2, 0.25) is 0 Å². The Morgan fingerprint density at radius 2 is 1.89 bits per heavy atom. The summed E-state index contributed by atoms with van der Waals surface area (Å²) in [6.07, 6.45) is 0.659. The Labute approximate surface area is 159 Å². The number of benzene rings is 1. The topological polar surface area (TPSA) is 86.2 Å². The summed E-state index contributed by atoms with van der Waals surface area (Å²) in [4.78, 5) is 29.9. The van der Waals surface area contributed by atoms with Gasteiger partial charge < -0.3 is 19.6 Å². The maximum atomic E-state index is 12.4. The number of esters is 1. The molecule has 0 spiro atoms. The third-order valence-corrected chi connectivity index (χ3v) is 4.86. The van der Waals surface area contributed by atoms with Crippen LogP contribution in [0.25, 0.3) is 0 Å². The lowest BCUT2D eigenvalue weighted by molar-refractivity contribution is -0.150. The highest BCUT2D eigenvalue weighted by molar-refractivity contribution is 5.99. The molecule has 0 aromatic heterocycles. The highest BCUT2D eigenvalue weighted by atomic mass is 16.6. The van der Waals surface area contributed by atoms with Crippen molar-refractivity contribution in [1.82, 2.24) is 5.32 Å². The number of nitrogens with one attached hydrogen (secondary N) is 1. The normalized spacial score (nSPS) is 27.0. The molecule has 2 aliphatic rings. The van der Waals surface area contributed by atoms with Crippen LogP contribution in [0.1, 0.15) is 51.7 Å². The number of nitrogens with zero attached hydrogens (tertiary/aromatic N) is 1. The molecule has 27 heavy (non-hydrogen) atoms. The van der Waals surface area contributed by atoms with E-state index in [1.807, 2.05) is 30.3 Å². The van der Waals surface area contributed by atoms with Gasteiger partial charge in [-0.15, -0.1) is 0 Å². The summed E-state index contributed by atoms with van der Waals surface area (Å²) in [6, 6.07) is 9.80. The molecule has 0 saturated heterocycles. The number of hydrogen-bond donors (Lipinski definition) is 1. The molecule has 146 valence electrons. The number of methoxy groups -OCH3 is 1. The van der Waals surface area contributed by atoms with Crippen LogP contribution < -0.4 is 5.32 Å². The molecule has 1 aromatic carbocycles. The van der Waals surface area contributed by atoms with Crippen LogP contribution in [0.4, 0.5) is 4.79 Å². The number of amides is 1. The number of hydrogen-bond acceptors (Lipinski definition) is 6. The van der Waals surface area contributed by atoms with Crippen molar-refractivity contribution in [2.24, 2.45) is 11.1 Å². The standard InChI is InChI=1S/C20H26N2O5/c1-19(2,3)26-18(24)21-20(11-14(12-20)17(23)25-4)16-10-15(27-22-16)13-8-6-5-7-9-13/h5-9,14-15H,10-12H2,1-4H3,(H,21,24). The van der Waals surface area contributed by atoms with Gasteiger partial charge in [-0.3, -0.25) is 4.79 Å². The van der Waals surface area contributed by atoms with Crippen molar-refractivity contribution >= 4 is 17.8 Å². The van der Waals surface area contributed by atoms with Crippen LogP contribution in [-0.2, 0) is 19.1 Å². The van der Waals surface area contributed by atoms with Crippen molar-refractivity contribution in [1.29, 1.82) is 0 Å². The minimum absolute atomic E-state index is 0.198. The first-order chi connectivity index (χ1) is 12.7. The summed E-state index contributed by atoms with van der Waals surface area (Å²) < 4.78 is 10.2. The maximum Gasteiger partial charge on any atom is 0.408 e. The Kier molecular flexibility index (Phi) is 5.13. The molecule has 1 fully saturated rings. The average molecular weight is 374 g/mol. The van der Waals surface area contributed by atoms with Gasteiger partial charge in [-0.2, -0.15) is 0 Å². The number of ether oxygens (including phenoxy) is 2. The van der Waals surface area contributed by atoms with Gasteiger partial charge in [0.15, 0.2) is 6.10 Å². The van der Waals surface area contributed by atoms with E-state index in [0.29, 0.717) is 19.3 Å². The lowest BCUT2D eigenvalue weighted by atomic mass is 9.64. The Balaban J connectivity index is 1.73. The highest BCUT2D eigenvalue weighted by Gasteiger charge is 2.54. The van der Waals surface area contributed by atoms with E-state index in [9.17, 15) is 9.59 Å². The molecule has 7 nitrogen and oxygen atoms in total. The number of carbonyl (C=O) groups is 2. The fraction of sp³-hybridized carbons (Fsp3) is 0.550. The zero-order valence-corrected chi connectivity index (χ0v) is 16.2. The van der Waals surface area contributed by atoms with Gasteiger partial charge in [0.05, 0.1) is 24.3 Å². The van der Waals surface area contributed by atoms with Crippen molar-refractivity contribution in [2.75, 3.05) is 7.11 Å². The smallest absolute Gasteiger partial charge is 0.408 e. The lowest BCUT2D eigenvalue weighted by Gasteiger charge is -2.46. The molecular weight excluding hydrogens is 348 g/mol. The third-order valence-electron chi connectivity index (χ3n) is 4.86. The molecular formula is C20H26N2O5. The highest BCUT2D eigenvalue weighted by Crippen LogP contribution is 2.44. The van der Waals surface area contributed by atoms with Crippen LogP contribution in [0.5, 0.6) is 0 Å². The molecule has 1 aromatic rings. The van der Waals surface area contributed by atoms with E-state index in [4.69, 9.17) is 14.3 Å². The summed E-state index contributed by atoms with van der Waals surface area (Å²) in [6.45, 7) is 5.41. The maximum absolute atomic E-state index is 12.4. The van der Waals surface area contributed by atoms with Gasteiger partial charge in [-0.1, -0.05) is 35.5 Å². The Hall–Kier alpha value is -2.57. The van der Waals surface area contributed by atoms with Crippen molar-refractivity contribution in [3.8, 4) is 0 Å². The molecule has 1 aliphatic heterocycles. The third kappa shape index (κ3) is 4.23. The molecule has 1 unspecified atom stereocenters. The monoisotopic (exact) mass is 374 g/mol. The molecule has 0 radical (unpaired) electrons. The zero-order chi connectivity index (χ0) is 19.7. The first-order valence-corrected chi connectivity index (χ1v) is 9.09. The van der Waals surface area contributed by atoms with Gasteiger partial charge >= 0.3 is 12.1 Å². The number of rotatable bonds is 4. The largest absolute Gasteiger partial charge is 0.469 e. The number of oxime groups is 1. The Bertz CT molecular complexity index is 732. The van der Waals surface area contributed by atoms with Crippen molar-refractivity contribution < 1.29 is 23.9 Å². The average Bonchev–Trinajstić information content (AvgIpc) is 3.06. The van der Waals surface area contributed by atoms with E-state index in [2.05, 4.69) is 10.5 Å². The van der Waals surface area contributed by atoms with E-state index in [-0.39, 0.29) is 18.0 Å². The zero-order valence-electron chi connectivity index (χ0n) is 16.2. The Morgan fingerprint density at radius 1 is 1.22 bits per heavy atom. The van der Waals surface area contributed by atoms with Crippen LogP contribution in [-0.4, -0.2) is 36.0 Å². The fourth-order valence-electron chi connectivity index (χ4n) is 3.53. The van der Waals surface area contributed by atoms with Crippen LogP contribution in [0, 0.1) is 5.92 Å². The predicted molar refractivity (Wildman–Crippen MR) is 99.2 cm³/mol. The quantitative estimate of drug-likeness (QED) is 0.817. The molecule has 1 saturated carbocycles. The molecule has 1 heterocycles. The van der Waals surface area contributed by atoms with Gasteiger partial charge in [-0.25, -0.2) is 4.79 Å². The van der Waals surface area contributed by atoms with E-state index < -0.39 is 17.2 Å². The number of carbonyl (C=O) groups excluding carboxylic acids is 2. The molecule has 1 aliphatic carbocycles. The minimum atomic E-state index is -0.745. The van der Waals surface area contributed by atoms with Gasteiger partial charge in [0, 0.05) is 6.42 Å². The van der Waals surface area contributed by atoms with Crippen LogP contribution in [0.3, 0.4) is 0 Å². The summed E-state index contributed by atoms with van der Waals surface area (Å²) >= 11 is 0. The van der Waals surface area contributed by atoms with Gasteiger partial charge in [-0.05, 0) is 39.2 Å². The SMILES string of the molecule is COC(=O)C1CC(NC(=O)OC(C)(C)C)(C2=NOC(c3ccccc3)C2)C1. The summed E-state index contributed by atoms with van der Waals surface area (Å²) in [5.74, 6) is -0.556. The van der Waals surface area contributed by atoms with Gasteiger partial charge in [0.2, 0.25) is 0 Å². The summed E-state index contributed by atoms with van der Waals surface area (Å²) in [7, 11) is 1.37. The van der Waals surface area contributed by atoms with Crippen molar-refractivity contribution in [3.63, 3.8) is 0 Å². The molecule has 0 bridgehead atoms. The predicted octanol–water partition coefficient (Wildman–Crippen LogP) is 3.35. The van der Waals surface area contributed by atoms with Gasteiger partial charge in [0.25, 0.3) is 0 Å². The van der Waals surface area contributed by atoms with Crippen LogP contribution in [0.15, 0.2) is 35.5 Å². The second kappa shape index (κ2) is 7.21. The first kappa shape index (κ1) is 19.2. The number of alkyl carbamates (subject to hydrolysis) is 1. The van der Waals surface area contributed by atoms with Crippen LogP contribution >= 0.6 is 0 Å². The minimum Gasteiger partial charge on any atom is -0.469 e. The fourth-order valence-corrected chi connectivity index (χ4v) is 3.53. The van der Waals surface area contributed by atoms with E-state index in [1.165, 1.54) is 7.11 Å². The van der Waals surface area contributed by atoms with Crippen molar-refractivity contribution in [2.45, 2.75) is 57.3 Å². The first-order valence-electron chi connectivity index (χ1n) is 9.09. The lowest BCUT2D eigenvalue weighted by Crippen LogP contribution is -2.64. The Morgan fingerprint density at radius 3 is 2.48 bits per heavy atom. The van der Waals surface area contributed by atoms with Crippen molar-refractivity contribution in [3.05, 3.63) is 35.9 Å². The van der Waals surface area contributed by atoms with E-state index in [0.717, 1.165) is 11.3 Å². The van der Waals surface area contributed by atoms with E-state index in [1.54, 1.807) is 20.8 Å². The second-order valence-corrected chi connectivity index (χ2v) is 8.08. The molecule has 1 N–H and O–H groups in total. The molecule has 1 amide bonds.